The van der Waals surface area contributed by atoms with Crippen LogP contribution in [0.5, 0.6) is 0 Å². The first kappa shape index (κ1) is 24.3. The van der Waals surface area contributed by atoms with Gasteiger partial charge in [-0.3, -0.25) is 14.5 Å². The Labute approximate surface area is 196 Å². The van der Waals surface area contributed by atoms with Crippen LogP contribution >= 0.6 is 23.1 Å². The molecule has 0 bridgehead atoms. The number of carbonyl (C=O) groups excluding carboxylic acids is 3. The lowest BCUT2D eigenvalue weighted by Gasteiger charge is -2.51. The summed E-state index contributed by atoms with van der Waals surface area (Å²) in [5.74, 6) is -3.27. The van der Waals surface area contributed by atoms with E-state index >= 15 is 0 Å². The summed E-state index contributed by atoms with van der Waals surface area (Å²) in [4.78, 5) is 57.7. The van der Waals surface area contributed by atoms with E-state index in [0.29, 0.717) is 5.57 Å². The molecule has 0 spiro atoms. The van der Waals surface area contributed by atoms with Gasteiger partial charge in [0.25, 0.3) is 5.91 Å². The Hall–Kier alpha value is -3.39. The zero-order valence-corrected chi connectivity index (χ0v) is 19.5. The molecule has 0 aliphatic carbocycles. The van der Waals surface area contributed by atoms with Crippen molar-refractivity contribution in [1.29, 1.82) is 0 Å². The maximum atomic E-state index is 12.7. The van der Waals surface area contributed by atoms with E-state index in [1.807, 2.05) is 0 Å². The van der Waals surface area contributed by atoms with E-state index in [4.69, 9.17) is 10.5 Å². The molecule has 1 unspecified atom stereocenters. The number of nitrogens with zero attached hydrogens (tertiary/aromatic N) is 3. The van der Waals surface area contributed by atoms with Crippen molar-refractivity contribution in [3.8, 4) is 0 Å². The normalized spacial score (nSPS) is 21.8. The van der Waals surface area contributed by atoms with Crippen molar-refractivity contribution in [2.24, 2.45) is 5.16 Å². The number of anilines is 1. The number of β-lactam (4-membered cyclic amide) rings is 1. The van der Waals surface area contributed by atoms with Crippen LogP contribution in [0, 0.1) is 0 Å². The number of carboxylic acid groups (broad SMARTS) is 1. The first-order valence-electron chi connectivity index (χ1n) is 9.47. The average Bonchev–Trinajstić information content (AvgIpc) is 3.16. The number of hydrogen-bond donors (Lipinski definition) is 3. The number of amides is 2. The summed E-state index contributed by atoms with van der Waals surface area (Å²) in [6.45, 7) is 2.86. The van der Waals surface area contributed by atoms with Crippen molar-refractivity contribution in [2.45, 2.75) is 30.5 Å². The SMILES string of the molecule is CON=CC(=O)NC1(c2csc(N)n2)S[C@H]2CC(=O)N2C(C(=O)O)=C1COC(=O)C=C(C)C. The largest absolute Gasteiger partial charge is 0.477 e. The monoisotopic (exact) mass is 495 g/mol. The zero-order valence-electron chi connectivity index (χ0n) is 17.9. The quantitative estimate of drug-likeness (QED) is 0.154. The molecule has 2 amide bonds. The summed E-state index contributed by atoms with van der Waals surface area (Å²) in [7, 11) is 1.25. The predicted octanol–water partition coefficient (Wildman–Crippen LogP) is 0.780. The molecule has 12 nitrogen and oxygen atoms in total. The molecule has 0 saturated carbocycles. The Balaban J connectivity index is 2.19. The molecule has 3 rings (SSSR count). The number of aromatic nitrogens is 1. The third-order valence-corrected chi connectivity index (χ3v) is 6.83. The van der Waals surface area contributed by atoms with Gasteiger partial charge in [-0.15, -0.1) is 11.3 Å². The molecule has 0 aromatic carbocycles. The summed E-state index contributed by atoms with van der Waals surface area (Å²) in [6, 6.07) is 0. The molecule has 2 aliphatic heterocycles. The molecule has 0 radical (unpaired) electrons. The molecular formula is C19H21N5O7S2. The molecule has 1 aromatic heterocycles. The fourth-order valence-corrected chi connectivity index (χ4v) is 5.63. The van der Waals surface area contributed by atoms with Crippen molar-refractivity contribution in [1.82, 2.24) is 15.2 Å². The number of esters is 1. The Morgan fingerprint density at radius 1 is 1.45 bits per heavy atom. The number of oxime groups is 1. The minimum absolute atomic E-state index is 0.0513. The van der Waals surface area contributed by atoms with Crippen molar-refractivity contribution in [2.75, 3.05) is 19.5 Å². The van der Waals surface area contributed by atoms with Gasteiger partial charge in [0, 0.05) is 17.0 Å². The second-order valence-electron chi connectivity index (χ2n) is 7.16. The van der Waals surface area contributed by atoms with E-state index in [0.717, 1.165) is 34.2 Å². The predicted molar refractivity (Wildman–Crippen MR) is 120 cm³/mol. The van der Waals surface area contributed by atoms with Gasteiger partial charge in [0.1, 0.15) is 25.6 Å². The van der Waals surface area contributed by atoms with Crippen LogP contribution < -0.4 is 11.1 Å². The van der Waals surface area contributed by atoms with Crippen LogP contribution in [0.1, 0.15) is 26.0 Å². The van der Waals surface area contributed by atoms with Gasteiger partial charge in [0.15, 0.2) is 10.0 Å². The van der Waals surface area contributed by atoms with Gasteiger partial charge in [-0.05, 0) is 13.8 Å². The van der Waals surface area contributed by atoms with Crippen LogP contribution in [-0.2, 0) is 33.6 Å². The van der Waals surface area contributed by atoms with E-state index in [1.165, 1.54) is 13.2 Å². The molecule has 3 heterocycles. The number of fused-ring (bicyclic) bond motifs is 1. The first-order valence-corrected chi connectivity index (χ1v) is 11.2. The van der Waals surface area contributed by atoms with Gasteiger partial charge in [0.05, 0.1) is 17.5 Å². The second kappa shape index (κ2) is 9.62. The number of allylic oxidation sites excluding steroid dienone is 1. The van der Waals surface area contributed by atoms with Crippen molar-refractivity contribution in [3.63, 3.8) is 0 Å². The number of thioether (sulfide) groups is 1. The van der Waals surface area contributed by atoms with Crippen molar-refractivity contribution in [3.05, 3.63) is 34.0 Å². The topological polar surface area (TPSA) is 174 Å². The number of carboxylic acids is 1. The number of ether oxygens (including phenoxy) is 1. The fourth-order valence-electron chi connectivity index (χ4n) is 3.30. The highest BCUT2D eigenvalue weighted by Gasteiger charge is 2.57. The minimum atomic E-state index is -1.61. The number of nitrogens with two attached hydrogens (primary N) is 1. The highest BCUT2D eigenvalue weighted by Crippen LogP contribution is 2.54. The van der Waals surface area contributed by atoms with E-state index in [2.05, 4.69) is 20.3 Å². The zero-order chi connectivity index (χ0) is 24.3. The third-order valence-electron chi connectivity index (χ3n) is 4.60. The summed E-state index contributed by atoms with van der Waals surface area (Å²) in [5, 5.41) is 17.3. The highest BCUT2D eigenvalue weighted by atomic mass is 32.2. The standard InChI is InChI=1S/C19H21N5O7S2/c1-9(2)4-15(27)31-7-10-16(17(28)29)24-13(26)5-14(24)33-19(10,11-8-32-18(20)22-11)23-12(25)6-21-30-3/h4,6,8,14H,5,7H2,1-3H3,(H2,20,22)(H,23,25)(H,28,29)/t14-,19?/m0/s1. The fraction of sp³-hybridized carbons (Fsp3) is 0.368. The number of carbonyl (C=O) groups is 4. The van der Waals surface area contributed by atoms with E-state index in [1.54, 1.807) is 19.2 Å². The molecule has 2 aliphatic rings. The summed E-state index contributed by atoms with van der Waals surface area (Å²) < 4.78 is 5.31. The van der Waals surface area contributed by atoms with E-state index < -0.39 is 46.3 Å². The maximum absolute atomic E-state index is 12.7. The van der Waals surface area contributed by atoms with Crippen LogP contribution in [0.25, 0.3) is 0 Å². The number of nitrogens with one attached hydrogen (secondary N) is 1. The van der Waals surface area contributed by atoms with Crippen LogP contribution in [0.2, 0.25) is 0 Å². The van der Waals surface area contributed by atoms with Crippen LogP contribution in [0.4, 0.5) is 5.13 Å². The number of nitrogen functional groups attached to an aromatic ring is 1. The van der Waals surface area contributed by atoms with Gasteiger partial charge in [-0.2, -0.15) is 0 Å². The summed E-state index contributed by atoms with van der Waals surface area (Å²) >= 11 is 2.17. The lowest BCUT2D eigenvalue weighted by molar-refractivity contribution is -0.146. The molecule has 4 N–H and O–H groups in total. The van der Waals surface area contributed by atoms with Crippen molar-refractivity contribution >= 4 is 58.2 Å². The Morgan fingerprint density at radius 2 is 2.18 bits per heavy atom. The maximum Gasteiger partial charge on any atom is 0.352 e. The molecule has 176 valence electrons. The second-order valence-corrected chi connectivity index (χ2v) is 9.44. The van der Waals surface area contributed by atoms with Crippen LogP contribution in [-0.4, -0.2) is 64.0 Å². The molecular weight excluding hydrogens is 474 g/mol. The molecule has 1 fully saturated rings. The van der Waals surface area contributed by atoms with Crippen molar-refractivity contribution < 1.29 is 33.9 Å². The Morgan fingerprint density at radius 3 is 2.73 bits per heavy atom. The Kier molecular flexibility index (Phi) is 7.07. The first-order chi connectivity index (χ1) is 15.6. The van der Waals surface area contributed by atoms with E-state index in [-0.39, 0.29) is 22.8 Å². The minimum Gasteiger partial charge on any atom is -0.477 e. The van der Waals surface area contributed by atoms with Crippen LogP contribution in [0.15, 0.2) is 33.5 Å². The molecule has 1 aromatic rings. The van der Waals surface area contributed by atoms with Gasteiger partial charge >= 0.3 is 11.9 Å². The Bertz CT molecular complexity index is 1090. The number of aliphatic carboxylic acids is 1. The van der Waals surface area contributed by atoms with Gasteiger partial charge in [-0.25, -0.2) is 14.6 Å². The van der Waals surface area contributed by atoms with Gasteiger partial charge in [0.2, 0.25) is 5.91 Å². The third kappa shape index (κ3) is 4.85. The molecule has 33 heavy (non-hydrogen) atoms. The number of rotatable bonds is 8. The van der Waals surface area contributed by atoms with E-state index in [9.17, 15) is 24.3 Å². The molecule has 14 heteroatoms. The van der Waals surface area contributed by atoms with Crippen LogP contribution in [0.3, 0.4) is 0 Å². The lowest BCUT2D eigenvalue weighted by atomic mass is 9.97. The molecule has 1 saturated heterocycles. The summed E-state index contributed by atoms with van der Waals surface area (Å²) in [6.07, 6.45) is 2.15. The van der Waals surface area contributed by atoms with Gasteiger partial charge < -0.3 is 25.7 Å². The molecule has 2 atom stereocenters. The highest BCUT2D eigenvalue weighted by molar-refractivity contribution is 8.01. The van der Waals surface area contributed by atoms with Gasteiger partial charge in [-0.1, -0.05) is 22.5 Å². The summed E-state index contributed by atoms with van der Waals surface area (Å²) in [5.41, 5.74) is 6.27. The number of thiazole rings is 1. The average molecular weight is 496 g/mol. The number of hydrogen-bond acceptors (Lipinski definition) is 11. The lowest BCUT2D eigenvalue weighted by Crippen LogP contribution is -2.61. The smallest absolute Gasteiger partial charge is 0.352 e.